The predicted molar refractivity (Wildman–Crippen MR) is 172 cm³/mol. The van der Waals surface area contributed by atoms with Gasteiger partial charge in [0, 0.05) is 49.5 Å². The Morgan fingerprint density at radius 3 is 2.70 bits per heavy atom. The van der Waals surface area contributed by atoms with Gasteiger partial charge in [0.25, 0.3) is 5.91 Å². The summed E-state index contributed by atoms with van der Waals surface area (Å²) in [7, 11) is 1.67. The summed E-state index contributed by atoms with van der Waals surface area (Å²) in [6.07, 6.45) is 5.17. The van der Waals surface area contributed by atoms with Crippen molar-refractivity contribution in [2.45, 2.75) is 70.6 Å². The zero-order chi connectivity index (χ0) is 31.3. The second kappa shape index (κ2) is 13.7. The Morgan fingerprint density at radius 1 is 1.18 bits per heavy atom. The molecule has 1 saturated carbocycles. The van der Waals surface area contributed by atoms with Crippen LogP contribution < -0.4 is 21.1 Å². The highest BCUT2D eigenvalue weighted by atomic mass is 16.6. The van der Waals surface area contributed by atoms with Crippen molar-refractivity contribution in [2.75, 3.05) is 38.6 Å². The molecule has 2 aromatic carbocycles. The van der Waals surface area contributed by atoms with Gasteiger partial charge >= 0.3 is 6.09 Å². The van der Waals surface area contributed by atoms with Crippen molar-refractivity contribution in [3.05, 3.63) is 66.1 Å². The molecule has 2 heterocycles. The van der Waals surface area contributed by atoms with Crippen LogP contribution in [-0.2, 0) is 4.74 Å². The van der Waals surface area contributed by atoms with Crippen LogP contribution in [0.2, 0.25) is 0 Å². The van der Waals surface area contributed by atoms with Gasteiger partial charge in [-0.3, -0.25) is 4.79 Å². The van der Waals surface area contributed by atoms with E-state index in [1.54, 1.807) is 13.4 Å². The quantitative estimate of drug-likeness (QED) is 0.284. The van der Waals surface area contributed by atoms with E-state index in [0.29, 0.717) is 31.7 Å². The van der Waals surface area contributed by atoms with Crippen LogP contribution in [0.15, 0.2) is 54.9 Å². The number of ether oxygens (including phenoxy) is 2. The Bertz CT molecular complexity index is 1440. The molecule has 1 aliphatic carbocycles. The number of carbonyl (C=O) groups is 2. The average Bonchev–Trinajstić information content (AvgIpc) is 3.47. The number of carbonyl (C=O) groups excluding carboxylic acids is 2. The summed E-state index contributed by atoms with van der Waals surface area (Å²) in [4.78, 5) is 33.4. The summed E-state index contributed by atoms with van der Waals surface area (Å²) in [6.45, 7) is 8.92. The Morgan fingerprint density at radius 2 is 1.98 bits per heavy atom. The number of methoxy groups -OCH3 is 1. The third-order valence-corrected chi connectivity index (χ3v) is 9.36. The first-order chi connectivity index (χ1) is 21.2. The van der Waals surface area contributed by atoms with Gasteiger partial charge in [0.05, 0.1) is 25.2 Å². The van der Waals surface area contributed by atoms with E-state index in [4.69, 9.17) is 20.2 Å². The third kappa shape index (κ3) is 6.40. The minimum atomic E-state index is -0.796. The highest BCUT2D eigenvalue weighted by Gasteiger charge is 2.48. The Hall–Kier alpha value is -4.05. The van der Waals surface area contributed by atoms with Gasteiger partial charge in [-0.15, -0.1) is 0 Å². The van der Waals surface area contributed by atoms with Crippen LogP contribution in [0.5, 0.6) is 5.75 Å². The first-order valence-electron chi connectivity index (χ1n) is 15.8. The molecule has 2 fully saturated rings. The van der Waals surface area contributed by atoms with Crippen LogP contribution in [0.25, 0.3) is 11.3 Å². The summed E-state index contributed by atoms with van der Waals surface area (Å²) >= 11 is 0. The molecule has 2 aliphatic rings. The number of aryl methyl sites for hydroxylation is 1. The molecule has 3 atom stereocenters. The SMILES string of the molecule is COc1ccc(C)c(NCCC2CNCCN2C(=O)c2ncn([C@H]3CCCC[C@]3(OC(N)=O)C(C)C)c2-c2ccccc2)c1. The topological polar surface area (TPSA) is 124 Å². The van der Waals surface area contributed by atoms with Gasteiger partial charge in [-0.25, -0.2) is 9.78 Å². The predicted octanol–water partition coefficient (Wildman–Crippen LogP) is 5.39. The molecular weight excluding hydrogens is 556 g/mol. The summed E-state index contributed by atoms with van der Waals surface area (Å²) in [6, 6.07) is 15.7. The number of benzene rings is 2. The van der Waals surface area contributed by atoms with Gasteiger partial charge in [-0.1, -0.05) is 56.7 Å². The smallest absolute Gasteiger partial charge is 0.405 e. The summed E-state index contributed by atoms with van der Waals surface area (Å²) in [5.41, 5.74) is 9.08. The molecule has 3 aromatic rings. The molecule has 236 valence electrons. The van der Waals surface area contributed by atoms with Gasteiger partial charge in [0.2, 0.25) is 0 Å². The van der Waals surface area contributed by atoms with Crippen LogP contribution in [0.1, 0.15) is 68.0 Å². The second-order valence-corrected chi connectivity index (χ2v) is 12.3. The van der Waals surface area contributed by atoms with E-state index in [9.17, 15) is 9.59 Å². The minimum Gasteiger partial charge on any atom is -0.497 e. The molecule has 1 unspecified atom stereocenters. The number of amides is 2. The first kappa shape index (κ1) is 31.4. The lowest BCUT2D eigenvalue weighted by atomic mass is 9.73. The molecule has 1 saturated heterocycles. The lowest BCUT2D eigenvalue weighted by molar-refractivity contribution is -0.0826. The Balaban J connectivity index is 1.46. The number of hydrogen-bond acceptors (Lipinski definition) is 7. The number of primary amides is 1. The molecular formula is C34H46N6O4. The molecule has 1 aromatic heterocycles. The normalized spacial score (nSPS) is 22.1. The number of rotatable bonds is 10. The molecule has 10 nitrogen and oxygen atoms in total. The fourth-order valence-corrected chi connectivity index (χ4v) is 6.97. The summed E-state index contributed by atoms with van der Waals surface area (Å²) in [5, 5.41) is 7.00. The maximum atomic E-state index is 14.4. The minimum absolute atomic E-state index is 0.00827. The molecule has 5 rings (SSSR count). The summed E-state index contributed by atoms with van der Waals surface area (Å²) < 4.78 is 13.5. The molecule has 1 aliphatic heterocycles. The molecule has 2 amide bonds. The molecule has 10 heteroatoms. The van der Waals surface area contributed by atoms with Gasteiger partial charge in [0.1, 0.15) is 11.4 Å². The molecule has 44 heavy (non-hydrogen) atoms. The van der Waals surface area contributed by atoms with Crippen molar-refractivity contribution in [2.24, 2.45) is 11.7 Å². The number of nitrogens with zero attached hydrogens (tertiary/aromatic N) is 3. The number of hydrogen-bond donors (Lipinski definition) is 3. The second-order valence-electron chi connectivity index (χ2n) is 12.3. The maximum absolute atomic E-state index is 14.4. The Labute approximate surface area is 260 Å². The largest absolute Gasteiger partial charge is 0.497 e. The van der Waals surface area contributed by atoms with Crippen LogP contribution in [0.3, 0.4) is 0 Å². The number of nitrogens with two attached hydrogens (primary N) is 1. The van der Waals surface area contributed by atoms with E-state index >= 15 is 0 Å². The lowest BCUT2D eigenvalue weighted by Gasteiger charge is -2.46. The van der Waals surface area contributed by atoms with Crippen molar-refractivity contribution in [3.8, 4) is 17.0 Å². The van der Waals surface area contributed by atoms with Crippen LogP contribution in [0, 0.1) is 12.8 Å². The number of nitrogens with one attached hydrogen (secondary N) is 2. The number of imidazole rings is 1. The van der Waals surface area contributed by atoms with Crippen LogP contribution >= 0.6 is 0 Å². The third-order valence-electron chi connectivity index (χ3n) is 9.36. The molecule has 0 radical (unpaired) electrons. The molecule has 0 spiro atoms. The number of piperazine rings is 1. The van der Waals surface area contributed by atoms with E-state index < -0.39 is 11.7 Å². The van der Waals surface area contributed by atoms with E-state index in [0.717, 1.165) is 60.5 Å². The van der Waals surface area contributed by atoms with Crippen molar-refractivity contribution in [3.63, 3.8) is 0 Å². The summed E-state index contributed by atoms with van der Waals surface area (Å²) in [5.74, 6) is 0.733. The van der Waals surface area contributed by atoms with Gasteiger partial charge in [0.15, 0.2) is 5.69 Å². The van der Waals surface area contributed by atoms with Crippen molar-refractivity contribution in [1.82, 2.24) is 19.8 Å². The maximum Gasteiger partial charge on any atom is 0.405 e. The van der Waals surface area contributed by atoms with Crippen LogP contribution in [0.4, 0.5) is 10.5 Å². The first-order valence-corrected chi connectivity index (χ1v) is 15.8. The van der Waals surface area contributed by atoms with E-state index in [1.807, 2.05) is 53.4 Å². The standard InChI is InChI=1S/C34H46N6O4/c1-23(2)34(44-33(35)42)16-9-8-12-29(34)40-22-38-30(31(40)25-10-6-5-7-11-25)32(41)39-19-18-36-21-26(39)15-17-37-28-20-27(43-4)14-13-24(28)3/h5-7,10-11,13-14,20,22-23,26,29,36-37H,8-9,12,15-19,21H2,1-4H3,(H2,35,42)/t26?,29-,34-/m0/s1. The zero-order valence-corrected chi connectivity index (χ0v) is 26.3. The molecule has 4 N–H and O–H groups in total. The van der Waals surface area contributed by atoms with Crippen LogP contribution in [-0.4, -0.2) is 71.4 Å². The average molecular weight is 603 g/mol. The van der Waals surface area contributed by atoms with E-state index in [2.05, 4.69) is 36.0 Å². The molecule has 0 bridgehead atoms. The van der Waals surface area contributed by atoms with Gasteiger partial charge in [-0.05, 0) is 50.2 Å². The lowest BCUT2D eigenvalue weighted by Crippen LogP contribution is -2.54. The highest BCUT2D eigenvalue weighted by molar-refractivity contribution is 5.98. The highest BCUT2D eigenvalue weighted by Crippen LogP contribution is 2.47. The van der Waals surface area contributed by atoms with Gasteiger partial charge < -0.3 is 35.3 Å². The zero-order valence-electron chi connectivity index (χ0n) is 26.3. The monoisotopic (exact) mass is 602 g/mol. The van der Waals surface area contributed by atoms with Gasteiger partial charge in [-0.2, -0.15) is 0 Å². The van der Waals surface area contributed by atoms with E-state index in [1.165, 1.54) is 0 Å². The number of anilines is 1. The fraction of sp³-hybridized carbons (Fsp3) is 0.500. The number of aromatic nitrogens is 2. The Kier molecular flexibility index (Phi) is 9.78. The van der Waals surface area contributed by atoms with Crippen molar-refractivity contribution in [1.29, 1.82) is 0 Å². The fourth-order valence-electron chi connectivity index (χ4n) is 6.97. The van der Waals surface area contributed by atoms with Crippen molar-refractivity contribution >= 4 is 17.7 Å². The van der Waals surface area contributed by atoms with Crippen molar-refractivity contribution < 1.29 is 19.1 Å². The van der Waals surface area contributed by atoms with E-state index in [-0.39, 0.29) is 23.9 Å².